The lowest BCUT2D eigenvalue weighted by Gasteiger charge is -2.32. The lowest BCUT2D eigenvalue weighted by atomic mass is 9.95. The number of carbonyl (C=O) groups excluding carboxylic acids is 1. The molecule has 36 heavy (non-hydrogen) atoms. The third-order valence-corrected chi connectivity index (χ3v) is 7.63. The second kappa shape index (κ2) is 10.8. The molecule has 2 saturated heterocycles. The van der Waals surface area contributed by atoms with Gasteiger partial charge in [0.15, 0.2) is 11.5 Å². The Labute approximate surface area is 212 Å². The summed E-state index contributed by atoms with van der Waals surface area (Å²) in [6.45, 7) is 9.74. The number of nitrogens with zero attached hydrogens (tertiary/aromatic N) is 5. The van der Waals surface area contributed by atoms with E-state index < -0.39 is 0 Å². The molecule has 2 aromatic heterocycles. The molecule has 1 aromatic carbocycles. The molecule has 1 amide bonds. The van der Waals surface area contributed by atoms with E-state index in [1.54, 1.807) is 10.8 Å². The first-order valence-electron chi connectivity index (χ1n) is 13.2. The van der Waals surface area contributed by atoms with Crippen molar-refractivity contribution in [3.63, 3.8) is 0 Å². The maximum Gasteiger partial charge on any atom is 0.295 e. The van der Waals surface area contributed by atoms with E-state index in [9.17, 15) is 9.59 Å². The summed E-state index contributed by atoms with van der Waals surface area (Å²) in [5.74, 6) is 1.10. The Morgan fingerprint density at radius 2 is 1.86 bits per heavy atom. The number of piperidine rings is 1. The Bertz CT molecular complexity index is 1260. The molecule has 0 aliphatic carbocycles. The maximum absolute atomic E-state index is 13.1. The van der Waals surface area contributed by atoms with Crippen molar-refractivity contribution < 1.29 is 4.79 Å². The average Bonchev–Trinajstić information content (AvgIpc) is 3.35. The number of hydrogen-bond acceptors (Lipinski definition) is 6. The minimum absolute atomic E-state index is 0.0122. The molecule has 1 N–H and O–H groups in total. The fourth-order valence-electron chi connectivity index (χ4n) is 5.48. The predicted molar refractivity (Wildman–Crippen MR) is 142 cm³/mol. The second-order valence-corrected chi connectivity index (χ2v) is 10.2. The number of anilines is 1. The molecular formula is C28H36N6O2. The van der Waals surface area contributed by atoms with Crippen LogP contribution < -0.4 is 15.8 Å². The molecule has 8 heteroatoms. The number of aromatic nitrogens is 3. The highest BCUT2D eigenvalue weighted by Crippen LogP contribution is 2.23. The van der Waals surface area contributed by atoms with Gasteiger partial charge in [0.05, 0.1) is 0 Å². The van der Waals surface area contributed by atoms with E-state index in [-0.39, 0.29) is 17.4 Å². The third-order valence-electron chi connectivity index (χ3n) is 7.63. The number of amides is 1. The van der Waals surface area contributed by atoms with E-state index in [4.69, 9.17) is 0 Å². The zero-order valence-electron chi connectivity index (χ0n) is 21.3. The van der Waals surface area contributed by atoms with Crippen molar-refractivity contribution in [3.8, 4) is 0 Å². The van der Waals surface area contributed by atoms with Gasteiger partial charge in [-0.15, -0.1) is 0 Å². The van der Waals surface area contributed by atoms with Crippen LogP contribution in [-0.2, 0) is 17.9 Å². The summed E-state index contributed by atoms with van der Waals surface area (Å²) in [6, 6.07) is 12.5. The molecule has 8 nitrogen and oxygen atoms in total. The van der Waals surface area contributed by atoms with Crippen molar-refractivity contribution in [2.45, 2.75) is 46.2 Å². The van der Waals surface area contributed by atoms with E-state index in [2.05, 4.69) is 51.4 Å². The summed E-state index contributed by atoms with van der Waals surface area (Å²) in [7, 11) is 0. The Morgan fingerprint density at radius 1 is 1.08 bits per heavy atom. The number of benzene rings is 1. The molecule has 4 heterocycles. The Balaban J connectivity index is 1.12. The van der Waals surface area contributed by atoms with Crippen molar-refractivity contribution >= 4 is 22.9 Å². The number of nitrogens with one attached hydrogen (secondary N) is 1. The number of aryl methyl sites for hydroxylation is 2. The summed E-state index contributed by atoms with van der Waals surface area (Å²) in [5.41, 5.74) is 3.87. The van der Waals surface area contributed by atoms with Gasteiger partial charge in [0.2, 0.25) is 5.91 Å². The number of carbonyl (C=O) groups is 1. The average molecular weight is 489 g/mol. The predicted octanol–water partition coefficient (Wildman–Crippen LogP) is 2.97. The Morgan fingerprint density at radius 3 is 2.61 bits per heavy atom. The normalized spacial score (nSPS) is 19.2. The molecule has 0 spiro atoms. The lowest BCUT2D eigenvalue weighted by Crippen LogP contribution is -2.44. The van der Waals surface area contributed by atoms with E-state index in [0.29, 0.717) is 37.0 Å². The number of hydrogen-bond donors (Lipinski definition) is 1. The first kappa shape index (κ1) is 24.4. The minimum atomic E-state index is -0.108. The monoisotopic (exact) mass is 488 g/mol. The molecule has 190 valence electrons. The SMILES string of the molecule is CCn1c(=O)c(N2CCC(C(=O)NC[C@H]3CCN(Cc4ccc(C)cc4)C3)CC2)nc2cccnc21. The van der Waals surface area contributed by atoms with Gasteiger partial charge in [0, 0.05) is 51.4 Å². The molecule has 5 rings (SSSR count). The van der Waals surface area contributed by atoms with Gasteiger partial charge < -0.3 is 10.2 Å². The lowest BCUT2D eigenvalue weighted by molar-refractivity contribution is -0.125. The molecule has 0 bridgehead atoms. The van der Waals surface area contributed by atoms with Crippen LogP contribution >= 0.6 is 0 Å². The molecule has 3 aromatic rings. The largest absolute Gasteiger partial charge is 0.356 e. The van der Waals surface area contributed by atoms with Gasteiger partial charge in [-0.25, -0.2) is 9.97 Å². The van der Waals surface area contributed by atoms with Gasteiger partial charge in [-0.05, 0) is 63.3 Å². The molecule has 0 unspecified atom stereocenters. The van der Waals surface area contributed by atoms with Crippen molar-refractivity contribution in [3.05, 3.63) is 64.1 Å². The van der Waals surface area contributed by atoms with Crippen LogP contribution in [0.25, 0.3) is 11.2 Å². The van der Waals surface area contributed by atoms with Gasteiger partial charge in [0.25, 0.3) is 5.56 Å². The van der Waals surface area contributed by atoms with Crippen LogP contribution in [0.3, 0.4) is 0 Å². The number of pyridine rings is 1. The van der Waals surface area contributed by atoms with Crippen LogP contribution in [0, 0.1) is 18.8 Å². The van der Waals surface area contributed by atoms with Crippen molar-refractivity contribution in [2.24, 2.45) is 11.8 Å². The van der Waals surface area contributed by atoms with E-state index in [1.807, 2.05) is 24.0 Å². The van der Waals surface area contributed by atoms with Gasteiger partial charge in [-0.2, -0.15) is 0 Å². The fraction of sp³-hybridized carbons (Fsp3) is 0.500. The molecule has 0 saturated carbocycles. The summed E-state index contributed by atoms with van der Waals surface area (Å²) >= 11 is 0. The zero-order valence-corrected chi connectivity index (χ0v) is 21.3. The van der Waals surface area contributed by atoms with Crippen LogP contribution in [0.15, 0.2) is 47.4 Å². The topological polar surface area (TPSA) is 83.4 Å². The Kier molecular flexibility index (Phi) is 7.32. The quantitative estimate of drug-likeness (QED) is 0.551. The van der Waals surface area contributed by atoms with Crippen molar-refractivity contribution in [2.75, 3.05) is 37.6 Å². The summed E-state index contributed by atoms with van der Waals surface area (Å²) in [4.78, 5) is 39.5. The van der Waals surface area contributed by atoms with Crippen molar-refractivity contribution in [1.82, 2.24) is 24.8 Å². The smallest absolute Gasteiger partial charge is 0.295 e. The van der Waals surface area contributed by atoms with Gasteiger partial charge in [-0.3, -0.25) is 19.1 Å². The van der Waals surface area contributed by atoms with Crippen LogP contribution in [0.5, 0.6) is 0 Å². The van der Waals surface area contributed by atoms with Crippen LogP contribution in [0.2, 0.25) is 0 Å². The van der Waals surface area contributed by atoms with Gasteiger partial charge in [0.1, 0.15) is 5.52 Å². The highest BCUT2D eigenvalue weighted by molar-refractivity contribution is 5.79. The molecule has 2 aliphatic rings. The minimum Gasteiger partial charge on any atom is -0.356 e. The number of likely N-dealkylation sites (tertiary alicyclic amines) is 1. The van der Waals surface area contributed by atoms with Gasteiger partial charge >= 0.3 is 0 Å². The first-order chi connectivity index (χ1) is 17.5. The number of rotatable bonds is 7. The standard InChI is InChI=1S/C28H36N6O2/c1-3-34-25-24(5-4-13-29-25)31-26(28(34)36)33-15-11-23(12-16-33)27(35)30-17-22-10-14-32(19-22)18-21-8-6-20(2)7-9-21/h4-9,13,22-23H,3,10-12,14-19H2,1-2H3,(H,30,35)/t22-/m1/s1. The van der Waals surface area contributed by atoms with Crippen LogP contribution in [0.4, 0.5) is 5.82 Å². The molecule has 2 aliphatic heterocycles. The van der Waals surface area contributed by atoms with E-state index >= 15 is 0 Å². The molecule has 2 fully saturated rings. The van der Waals surface area contributed by atoms with E-state index in [0.717, 1.165) is 51.0 Å². The van der Waals surface area contributed by atoms with Crippen LogP contribution in [-0.4, -0.2) is 58.1 Å². The first-order valence-corrected chi connectivity index (χ1v) is 13.2. The maximum atomic E-state index is 13.1. The van der Waals surface area contributed by atoms with Crippen molar-refractivity contribution in [1.29, 1.82) is 0 Å². The highest BCUT2D eigenvalue weighted by Gasteiger charge is 2.29. The third kappa shape index (κ3) is 5.28. The summed E-state index contributed by atoms with van der Waals surface area (Å²) in [5, 5.41) is 3.22. The Hall–Kier alpha value is -3.26. The number of fused-ring (bicyclic) bond motifs is 1. The molecule has 0 radical (unpaired) electrons. The second-order valence-electron chi connectivity index (χ2n) is 10.2. The fourth-order valence-corrected chi connectivity index (χ4v) is 5.48. The van der Waals surface area contributed by atoms with Gasteiger partial charge in [-0.1, -0.05) is 29.8 Å². The molecular weight excluding hydrogens is 452 g/mol. The summed E-state index contributed by atoms with van der Waals surface area (Å²) in [6.07, 6.45) is 4.27. The zero-order chi connectivity index (χ0) is 25.1. The highest BCUT2D eigenvalue weighted by atomic mass is 16.2. The summed E-state index contributed by atoms with van der Waals surface area (Å²) < 4.78 is 1.68. The molecule has 1 atom stereocenters. The van der Waals surface area contributed by atoms with E-state index in [1.165, 1.54) is 11.1 Å². The van der Waals surface area contributed by atoms with Crippen LogP contribution in [0.1, 0.15) is 37.3 Å².